The number of rotatable bonds is 3. The van der Waals surface area contributed by atoms with Crippen LogP contribution in [-0.4, -0.2) is 45.7 Å². The van der Waals surface area contributed by atoms with Crippen molar-refractivity contribution < 1.29 is 26.1 Å². The molecule has 1 aliphatic heterocycles. The van der Waals surface area contributed by atoms with Crippen LogP contribution in [0.3, 0.4) is 0 Å². The van der Waals surface area contributed by atoms with Crippen molar-refractivity contribution in [3.63, 3.8) is 0 Å². The SMILES string of the molecule is O=S1(=O)C[C@@H](O)[C@H](OS(=O)(=O)c2ccccc2)C1. The van der Waals surface area contributed by atoms with Crippen LogP contribution < -0.4 is 0 Å². The van der Waals surface area contributed by atoms with E-state index in [1.807, 2.05) is 0 Å². The van der Waals surface area contributed by atoms with Crippen molar-refractivity contribution in [2.75, 3.05) is 11.5 Å². The first kappa shape index (κ1) is 13.5. The lowest BCUT2D eigenvalue weighted by atomic mass is 10.3. The van der Waals surface area contributed by atoms with Gasteiger partial charge in [-0.2, -0.15) is 8.42 Å². The maximum Gasteiger partial charge on any atom is 0.297 e. The lowest BCUT2D eigenvalue weighted by Crippen LogP contribution is -2.29. The van der Waals surface area contributed by atoms with Crippen molar-refractivity contribution in [2.24, 2.45) is 0 Å². The molecule has 18 heavy (non-hydrogen) atoms. The first-order chi connectivity index (χ1) is 8.30. The molecule has 2 rings (SSSR count). The van der Waals surface area contributed by atoms with E-state index < -0.39 is 43.7 Å². The first-order valence-electron chi connectivity index (χ1n) is 5.17. The molecular weight excluding hydrogens is 280 g/mol. The molecule has 0 aromatic heterocycles. The number of aliphatic hydroxyl groups excluding tert-OH is 1. The van der Waals surface area contributed by atoms with Crippen molar-refractivity contribution in [2.45, 2.75) is 17.1 Å². The van der Waals surface area contributed by atoms with E-state index in [1.165, 1.54) is 24.3 Å². The summed E-state index contributed by atoms with van der Waals surface area (Å²) in [7, 11) is -7.49. The van der Waals surface area contributed by atoms with Gasteiger partial charge in [0.25, 0.3) is 10.1 Å². The Kier molecular flexibility index (Phi) is 3.45. The van der Waals surface area contributed by atoms with Crippen LogP contribution in [0.5, 0.6) is 0 Å². The molecule has 8 heteroatoms. The molecule has 1 fully saturated rings. The van der Waals surface area contributed by atoms with Gasteiger partial charge >= 0.3 is 0 Å². The lowest BCUT2D eigenvalue weighted by molar-refractivity contribution is 0.0780. The number of hydrogen-bond acceptors (Lipinski definition) is 6. The predicted molar refractivity (Wildman–Crippen MR) is 63.2 cm³/mol. The molecule has 0 amide bonds. The van der Waals surface area contributed by atoms with Crippen LogP contribution in [-0.2, 0) is 24.1 Å². The van der Waals surface area contributed by atoms with Crippen LogP contribution in [0.4, 0.5) is 0 Å². The molecule has 0 bridgehead atoms. The summed E-state index contributed by atoms with van der Waals surface area (Å²) in [5, 5.41) is 9.47. The van der Waals surface area contributed by atoms with Crippen LogP contribution in [0, 0.1) is 0 Å². The van der Waals surface area contributed by atoms with Crippen molar-refractivity contribution in [1.29, 1.82) is 0 Å². The molecule has 1 heterocycles. The summed E-state index contributed by atoms with van der Waals surface area (Å²) >= 11 is 0. The van der Waals surface area contributed by atoms with Gasteiger partial charge in [-0.25, -0.2) is 8.42 Å². The highest BCUT2D eigenvalue weighted by molar-refractivity contribution is 7.91. The average Bonchev–Trinajstić information content (AvgIpc) is 2.52. The molecule has 1 N–H and O–H groups in total. The van der Waals surface area contributed by atoms with Gasteiger partial charge < -0.3 is 5.11 Å². The van der Waals surface area contributed by atoms with E-state index in [9.17, 15) is 21.9 Å². The van der Waals surface area contributed by atoms with Crippen LogP contribution in [0.2, 0.25) is 0 Å². The van der Waals surface area contributed by atoms with Crippen LogP contribution in [0.15, 0.2) is 35.2 Å². The molecule has 100 valence electrons. The van der Waals surface area contributed by atoms with E-state index in [-0.39, 0.29) is 4.90 Å². The summed E-state index contributed by atoms with van der Waals surface area (Å²) in [4.78, 5) is -0.0681. The Morgan fingerprint density at radius 3 is 2.28 bits per heavy atom. The van der Waals surface area contributed by atoms with Crippen molar-refractivity contribution >= 4 is 20.0 Å². The summed E-state index contributed by atoms with van der Waals surface area (Å²) in [6.07, 6.45) is -2.55. The third kappa shape index (κ3) is 2.89. The quantitative estimate of drug-likeness (QED) is 0.758. The first-order valence-corrected chi connectivity index (χ1v) is 8.40. The standard InChI is InChI=1S/C10H12O6S2/c11-9-6-17(12,13)7-10(9)16-18(14,15)8-4-2-1-3-5-8/h1-5,9-11H,6-7H2/t9-,10-/m1/s1. The maximum atomic E-state index is 11.8. The summed E-state index contributed by atoms with van der Waals surface area (Å²) in [5.74, 6) is -0.956. The summed E-state index contributed by atoms with van der Waals surface area (Å²) in [5.41, 5.74) is 0. The zero-order valence-corrected chi connectivity index (χ0v) is 10.9. The van der Waals surface area contributed by atoms with Gasteiger partial charge in [0.15, 0.2) is 9.84 Å². The van der Waals surface area contributed by atoms with Crippen LogP contribution in [0.1, 0.15) is 0 Å². The average molecular weight is 292 g/mol. The molecular formula is C10H12O6S2. The monoisotopic (exact) mass is 292 g/mol. The van der Waals surface area contributed by atoms with Gasteiger partial charge in [0.1, 0.15) is 6.10 Å². The Hall–Kier alpha value is -0.960. The fourth-order valence-corrected chi connectivity index (χ4v) is 4.57. The largest absolute Gasteiger partial charge is 0.389 e. The van der Waals surface area contributed by atoms with E-state index in [0.717, 1.165) is 0 Å². The number of aliphatic hydroxyl groups is 1. The normalized spacial score (nSPS) is 27.2. The summed E-state index contributed by atoms with van der Waals surface area (Å²) in [6.45, 7) is 0. The molecule has 2 atom stereocenters. The second-order valence-corrected chi connectivity index (χ2v) is 7.77. The Morgan fingerprint density at radius 2 is 1.78 bits per heavy atom. The van der Waals surface area contributed by atoms with Gasteiger partial charge in [-0.15, -0.1) is 0 Å². The summed E-state index contributed by atoms with van der Waals surface area (Å²) < 4.78 is 50.9. The number of sulfone groups is 1. The zero-order chi connectivity index (χ0) is 13.4. The van der Waals surface area contributed by atoms with Crippen molar-refractivity contribution in [3.8, 4) is 0 Å². The molecule has 1 saturated heterocycles. The molecule has 1 aromatic rings. The zero-order valence-electron chi connectivity index (χ0n) is 9.26. The van der Waals surface area contributed by atoms with Gasteiger partial charge in [0.2, 0.25) is 0 Å². The van der Waals surface area contributed by atoms with Crippen molar-refractivity contribution in [1.82, 2.24) is 0 Å². The third-order valence-electron chi connectivity index (χ3n) is 2.55. The van der Waals surface area contributed by atoms with E-state index in [1.54, 1.807) is 6.07 Å². The van der Waals surface area contributed by atoms with Gasteiger partial charge in [0, 0.05) is 0 Å². The molecule has 6 nitrogen and oxygen atoms in total. The molecule has 0 saturated carbocycles. The van der Waals surface area contributed by atoms with Gasteiger partial charge in [-0.3, -0.25) is 4.18 Å². The minimum Gasteiger partial charge on any atom is -0.389 e. The number of hydrogen-bond donors (Lipinski definition) is 1. The minimum atomic E-state index is -4.05. The lowest BCUT2D eigenvalue weighted by Gasteiger charge is -2.13. The van der Waals surface area contributed by atoms with E-state index in [0.29, 0.717) is 0 Å². The molecule has 1 aromatic carbocycles. The highest BCUT2D eigenvalue weighted by Crippen LogP contribution is 2.21. The van der Waals surface area contributed by atoms with Crippen LogP contribution in [0.25, 0.3) is 0 Å². The Bertz CT molecular complexity index is 620. The molecule has 0 unspecified atom stereocenters. The second kappa shape index (κ2) is 4.61. The maximum absolute atomic E-state index is 11.8. The second-order valence-electron chi connectivity index (χ2n) is 4.05. The minimum absolute atomic E-state index is 0.0681. The van der Waals surface area contributed by atoms with E-state index in [4.69, 9.17) is 4.18 Å². The number of benzene rings is 1. The Balaban J connectivity index is 2.20. The Morgan fingerprint density at radius 1 is 1.17 bits per heavy atom. The topological polar surface area (TPSA) is 97.7 Å². The third-order valence-corrected chi connectivity index (χ3v) is 5.59. The highest BCUT2D eigenvalue weighted by atomic mass is 32.2. The van der Waals surface area contributed by atoms with Gasteiger partial charge in [-0.1, -0.05) is 18.2 Å². The fraction of sp³-hybridized carbons (Fsp3) is 0.400. The van der Waals surface area contributed by atoms with E-state index >= 15 is 0 Å². The smallest absolute Gasteiger partial charge is 0.297 e. The van der Waals surface area contributed by atoms with Gasteiger partial charge in [0.05, 0.1) is 22.5 Å². The van der Waals surface area contributed by atoms with Crippen LogP contribution >= 0.6 is 0 Å². The molecule has 0 radical (unpaired) electrons. The van der Waals surface area contributed by atoms with Gasteiger partial charge in [-0.05, 0) is 12.1 Å². The highest BCUT2D eigenvalue weighted by Gasteiger charge is 2.40. The van der Waals surface area contributed by atoms with Crippen molar-refractivity contribution in [3.05, 3.63) is 30.3 Å². The summed E-state index contributed by atoms with van der Waals surface area (Å²) in [6, 6.07) is 7.38. The molecule has 1 aliphatic rings. The van der Waals surface area contributed by atoms with E-state index in [2.05, 4.69) is 0 Å². The molecule has 0 spiro atoms. The predicted octanol–water partition coefficient (Wildman–Crippen LogP) is -0.450. The molecule has 0 aliphatic carbocycles. The Labute approximate surface area is 105 Å². The fourth-order valence-electron chi connectivity index (χ4n) is 1.69.